The molecular formula is C14H19BrO4S. The Morgan fingerprint density at radius 1 is 1.50 bits per heavy atom. The summed E-state index contributed by atoms with van der Waals surface area (Å²) in [5.74, 6) is -1.69. The molecule has 0 aliphatic rings. The van der Waals surface area contributed by atoms with Gasteiger partial charge in [-0.25, -0.2) is 0 Å². The first kappa shape index (κ1) is 17.2. The summed E-state index contributed by atoms with van der Waals surface area (Å²) in [6.07, 6.45) is 0.406. The highest BCUT2D eigenvalue weighted by molar-refractivity contribution is 9.10. The summed E-state index contributed by atoms with van der Waals surface area (Å²) in [4.78, 5) is 24.9. The van der Waals surface area contributed by atoms with Crippen molar-refractivity contribution in [1.29, 1.82) is 0 Å². The largest absolute Gasteiger partial charge is 0.480 e. The third kappa shape index (κ3) is 3.82. The Morgan fingerprint density at radius 3 is 2.55 bits per heavy atom. The van der Waals surface area contributed by atoms with Crippen LogP contribution < -0.4 is 0 Å². The van der Waals surface area contributed by atoms with Gasteiger partial charge in [0.05, 0.1) is 6.61 Å². The van der Waals surface area contributed by atoms with Gasteiger partial charge in [-0.2, -0.15) is 0 Å². The normalized spacial score (nSPS) is 14.1. The van der Waals surface area contributed by atoms with Crippen LogP contribution in [-0.4, -0.2) is 23.7 Å². The number of hydrogen-bond donors (Lipinski definition) is 1. The summed E-state index contributed by atoms with van der Waals surface area (Å²) >= 11 is 4.83. The molecule has 20 heavy (non-hydrogen) atoms. The average molecular weight is 363 g/mol. The molecule has 112 valence electrons. The molecule has 1 unspecified atom stereocenters. The van der Waals surface area contributed by atoms with E-state index >= 15 is 0 Å². The van der Waals surface area contributed by atoms with Crippen molar-refractivity contribution in [3.63, 3.8) is 0 Å². The number of carboxylic acids is 1. The standard InChI is InChI=1S/C14H19BrO4S/c1-4-19-13(18)14(12(16)17,7-9(2)3)8-11-10(15)5-6-20-11/h5-6,9H,4,7-8H2,1-3H3,(H,16,17). The monoisotopic (exact) mass is 362 g/mol. The van der Waals surface area contributed by atoms with Gasteiger partial charge in [0.2, 0.25) is 0 Å². The molecule has 1 N–H and O–H groups in total. The zero-order chi connectivity index (χ0) is 15.3. The maximum Gasteiger partial charge on any atom is 0.323 e. The van der Waals surface area contributed by atoms with Crippen LogP contribution in [-0.2, 0) is 20.7 Å². The third-order valence-electron chi connectivity index (χ3n) is 2.99. The molecule has 1 aromatic rings. The fourth-order valence-corrected chi connectivity index (χ4v) is 3.78. The lowest BCUT2D eigenvalue weighted by atomic mass is 9.77. The number of aliphatic carboxylic acids is 1. The Bertz CT molecular complexity index is 483. The van der Waals surface area contributed by atoms with Gasteiger partial charge in [-0.3, -0.25) is 9.59 Å². The lowest BCUT2D eigenvalue weighted by Gasteiger charge is -2.28. The quantitative estimate of drug-likeness (QED) is 0.592. The first-order valence-electron chi connectivity index (χ1n) is 6.46. The second-order valence-corrected chi connectivity index (χ2v) is 6.93. The predicted octanol–water partition coefficient (Wildman–Crippen LogP) is 3.73. The van der Waals surface area contributed by atoms with Crippen molar-refractivity contribution < 1.29 is 19.4 Å². The summed E-state index contributed by atoms with van der Waals surface area (Å²) in [6.45, 7) is 5.67. The SMILES string of the molecule is CCOC(=O)C(Cc1sccc1Br)(CC(C)C)C(=O)O. The number of ether oxygens (including phenoxy) is 1. The van der Waals surface area contributed by atoms with E-state index in [0.717, 1.165) is 9.35 Å². The van der Waals surface area contributed by atoms with Crippen LogP contribution in [0.1, 0.15) is 32.1 Å². The van der Waals surface area contributed by atoms with E-state index in [4.69, 9.17) is 4.74 Å². The molecule has 0 saturated heterocycles. The number of rotatable bonds is 7. The minimum Gasteiger partial charge on any atom is -0.480 e. The third-order valence-corrected chi connectivity index (χ3v) is 4.91. The Balaban J connectivity index is 3.18. The van der Waals surface area contributed by atoms with Gasteiger partial charge >= 0.3 is 11.9 Å². The zero-order valence-electron chi connectivity index (χ0n) is 11.8. The van der Waals surface area contributed by atoms with Crippen molar-refractivity contribution in [1.82, 2.24) is 0 Å². The van der Waals surface area contributed by atoms with E-state index in [2.05, 4.69) is 15.9 Å². The number of halogens is 1. The molecular weight excluding hydrogens is 344 g/mol. The van der Waals surface area contributed by atoms with Crippen LogP contribution in [0, 0.1) is 11.3 Å². The molecule has 1 atom stereocenters. The molecule has 0 bridgehead atoms. The molecule has 6 heteroatoms. The smallest absolute Gasteiger partial charge is 0.323 e. The highest BCUT2D eigenvalue weighted by atomic mass is 79.9. The number of carbonyl (C=O) groups excluding carboxylic acids is 1. The molecule has 1 rings (SSSR count). The van der Waals surface area contributed by atoms with E-state index in [1.54, 1.807) is 6.92 Å². The summed E-state index contributed by atoms with van der Waals surface area (Å²) in [7, 11) is 0. The maximum atomic E-state index is 12.3. The highest BCUT2D eigenvalue weighted by Crippen LogP contribution is 2.37. The molecule has 1 heterocycles. The Kier molecular flexibility index (Phi) is 6.20. The average Bonchev–Trinajstić information content (AvgIpc) is 2.73. The van der Waals surface area contributed by atoms with Crippen LogP contribution in [0.15, 0.2) is 15.9 Å². The number of carbonyl (C=O) groups is 2. The zero-order valence-corrected chi connectivity index (χ0v) is 14.2. The minimum absolute atomic E-state index is 0.0780. The van der Waals surface area contributed by atoms with Gasteiger partial charge in [0, 0.05) is 15.8 Å². The predicted molar refractivity (Wildman–Crippen MR) is 81.9 cm³/mol. The van der Waals surface area contributed by atoms with E-state index in [0.29, 0.717) is 0 Å². The summed E-state index contributed by atoms with van der Waals surface area (Å²) < 4.78 is 5.86. The summed E-state index contributed by atoms with van der Waals surface area (Å²) in [5.41, 5.74) is -1.52. The second-order valence-electron chi connectivity index (χ2n) is 5.07. The first-order valence-corrected chi connectivity index (χ1v) is 8.13. The van der Waals surface area contributed by atoms with Crippen molar-refractivity contribution in [2.75, 3.05) is 6.61 Å². The van der Waals surface area contributed by atoms with Crippen LogP contribution in [0.3, 0.4) is 0 Å². The van der Waals surface area contributed by atoms with Gasteiger partial charge in [-0.05, 0) is 46.6 Å². The Morgan fingerprint density at radius 2 is 2.15 bits per heavy atom. The Hall–Kier alpha value is -0.880. The van der Waals surface area contributed by atoms with Crippen LogP contribution in [0.4, 0.5) is 0 Å². The van der Waals surface area contributed by atoms with Gasteiger partial charge in [0.15, 0.2) is 5.41 Å². The maximum absolute atomic E-state index is 12.3. The van der Waals surface area contributed by atoms with Crippen LogP contribution in [0.25, 0.3) is 0 Å². The van der Waals surface area contributed by atoms with E-state index in [-0.39, 0.29) is 25.4 Å². The molecule has 1 aromatic heterocycles. The van der Waals surface area contributed by atoms with E-state index < -0.39 is 17.4 Å². The topological polar surface area (TPSA) is 63.6 Å². The van der Waals surface area contributed by atoms with Crippen LogP contribution in [0.2, 0.25) is 0 Å². The fourth-order valence-electron chi connectivity index (χ4n) is 2.17. The lowest BCUT2D eigenvalue weighted by Crippen LogP contribution is -2.43. The number of carboxylic acid groups (broad SMARTS) is 1. The molecule has 0 amide bonds. The fraction of sp³-hybridized carbons (Fsp3) is 0.571. The van der Waals surface area contributed by atoms with Gasteiger partial charge in [0.25, 0.3) is 0 Å². The summed E-state index contributed by atoms with van der Waals surface area (Å²) in [6, 6.07) is 1.85. The van der Waals surface area contributed by atoms with Gasteiger partial charge < -0.3 is 9.84 Å². The number of hydrogen-bond acceptors (Lipinski definition) is 4. The van der Waals surface area contributed by atoms with Gasteiger partial charge in [-0.15, -0.1) is 11.3 Å². The van der Waals surface area contributed by atoms with E-state index in [9.17, 15) is 14.7 Å². The van der Waals surface area contributed by atoms with Crippen LogP contribution in [0.5, 0.6) is 0 Å². The number of thiophene rings is 1. The van der Waals surface area contributed by atoms with Crippen molar-refractivity contribution >= 4 is 39.2 Å². The highest BCUT2D eigenvalue weighted by Gasteiger charge is 2.48. The van der Waals surface area contributed by atoms with Gasteiger partial charge in [0.1, 0.15) is 0 Å². The first-order chi connectivity index (χ1) is 9.33. The van der Waals surface area contributed by atoms with Gasteiger partial charge in [-0.1, -0.05) is 13.8 Å². The molecule has 0 spiro atoms. The van der Waals surface area contributed by atoms with E-state index in [1.165, 1.54) is 11.3 Å². The second kappa shape index (κ2) is 7.22. The molecule has 0 fully saturated rings. The van der Waals surface area contributed by atoms with Crippen molar-refractivity contribution in [3.05, 3.63) is 20.8 Å². The Labute approximate surface area is 131 Å². The number of esters is 1. The molecule has 0 radical (unpaired) electrons. The van der Waals surface area contributed by atoms with E-state index in [1.807, 2.05) is 25.3 Å². The minimum atomic E-state index is -1.52. The van der Waals surface area contributed by atoms with Crippen LogP contribution >= 0.6 is 27.3 Å². The molecule has 0 saturated carbocycles. The van der Waals surface area contributed by atoms with Crippen molar-refractivity contribution in [2.45, 2.75) is 33.6 Å². The van der Waals surface area contributed by atoms with Crippen molar-refractivity contribution in [3.8, 4) is 0 Å². The lowest BCUT2D eigenvalue weighted by molar-refractivity contribution is -0.170. The molecule has 4 nitrogen and oxygen atoms in total. The van der Waals surface area contributed by atoms with Crippen molar-refractivity contribution in [2.24, 2.45) is 11.3 Å². The summed E-state index contributed by atoms with van der Waals surface area (Å²) in [5, 5.41) is 11.5. The molecule has 0 aromatic carbocycles. The molecule has 0 aliphatic carbocycles. The molecule has 0 aliphatic heterocycles.